The molecule has 2 aromatic rings. The van der Waals surface area contributed by atoms with Gasteiger partial charge in [-0.25, -0.2) is 0 Å². The fraction of sp³-hybridized carbons (Fsp3) is 0.333. The number of hydrogen-bond donors (Lipinski definition) is 1. The molecule has 106 valence electrons. The molecule has 0 bridgehead atoms. The Morgan fingerprint density at radius 1 is 1.10 bits per heavy atom. The molecule has 0 heterocycles. The number of nitrogens with one attached hydrogen (secondary N) is 1. The first kappa shape index (κ1) is 15.3. The standard InChI is InChI=1S/C18H22BrN/c1-3-11-20-18(13-15-7-5-4-6-8-15)16-10-9-14(2)12-17(16)19/h4-10,12,18,20H,3,11,13H2,1-2H3. The van der Waals surface area contributed by atoms with Crippen molar-refractivity contribution in [2.24, 2.45) is 0 Å². The van der Waals surface area contributed by atoms with Crippen molar-refractivity contribution in [1.82, 2.24) is 5.32 Å². The molecule has 20 heavy (non-hydrogen) atoms. The van der Waals surface area contributed by atoms with Crippen LogP contribution in [0, 0.1) is 6.92 Å². The van der Waals surface area contributed by atoms with Gasteiger partial charge in [0.15, 0.2) is 0 Å². The topological polar surface area (TPSA) is 12.0 Å². The van der Waals surface area contributed by atoms with E-state index in [0.29, 0.717) is 6.04 Å². The van der Waals surface area contributed by atoms with Crippen LogP contribution < -0.4 is 5.32 Å². The Morgan fingerprint density at radius 3 is 2.50 bits per heavy atom. The zero-order chi connectivity index (χ0) is 14.4. The molecule has 0 aliphatic heterocycles. The van der Waals surface area contributed by atoms with E-state index >= 15 is 0 Å². The molecule has 2 rings (SSSR count). The number of rotatable bonds is 6. The Labute approximate surface area is 130 Å². The lowest BCUT2D eigenvalue weighted by molar-refractivity contribution is 0.527. The maximum atomic E-state index is 3.71. The van der Waals surface area contributed by atoms with Gasteiger partial charge in [-0.05, 0) is 49.1 Å². The minimum atomic E-state index is 0.354. The fourth-order valence-electron chi connectivity index (χ4n) is 2.38. The van der Waals surface area contributed by atoms with Gasteiger partial charge in [0.25, 0.3) is 0 Å². The van der Waals surface area contributed by atoms with Crippen LogP contribution >= 0.6 is 15.9 Å². The van der Waals surface area contributed by atoms with Crippen molar-refractivity contribution in [3.63, 3.8) is 0 Å². The van der Waals surface area contributed by atoms with Crippen molar-refractivity contribution >= 4 is 15.9 Å². The van der Waals surface area contributed by atoms with Crippen LogP contribution in [0.3, 0.4) is 0 Å². The van der Waals surface area contributed by atoms with Gasteiger partial charge >= 0.3 is 0 Å². The smallest absolute Gasteiger partial charge is 0.0372 e. The highest BCUT2D eigenvalue weighted by Gasteiger charge is 2.14. The molecule has 0 aliphatic rings. The number of benzene rings is 2. The van der Waals surface area contributed by atoms with Crippen molar-refractivity contribution in [2.45, 2.75) is 32.7 Å². The SMILES string of the molecule is CCCNC(Cc1ccccc1)c1ccc(C)cc1Br. The zero-order valence-corrected chi connectivity index (χ0v) is 13.8. The lowest BCUT2D eigenvalue weighted by Crippen LogP contribution is -2.24. The van der Waals surface area contributed by atoms with Gasteiger partial charge in [-0.1, -0.05) is 65.3 Å². The Morgan fingerprint density at radius 2 is 1.85 bits per heavy atom. The minimum absolute atomic E-state index is 0.354. The summed E-state index contributed by atoms with van der Waals surface area (Å²) in [6.45, 7) is 5.37. The van der Waals surface area contributed by atoms with E-state index in [1.54, 1.807) is 0 Å². The summed E-state index contributed by atoms with van der Waals surface area (Å²) >= 11 is 3.71. The summed E-state index contributed by atoms with van der Waals surface area (Å²) in [4.78, 5) is 0. The molecule has 0 radical (unpaired) electrons. The number of halogens is 1. The third-order valence-electron chi connectivity index (χ3n) is 3.45. The lowest BCUT2D eigenvalue weighted by Gasteiger charge is -2.21. The molecule has 0 amide bonds. The molecular weight excluding hydrogens is 310 g/mol. The van der Waals surface area contributed by atoms with Gasteiger partial charge in [0.1, 0.15) is 0 Å². The first-order chi connectivity index (χ1) is 9.70. The van der Waals surface area contributed by atoms with Gasteiger partial charge in [-0.2, -0.15) is 0 Å². The van der Waals surface area contributed by atoms with E-state index in [1.165, 1.54) is 21.2 Å². The second-order valence-electron chi connectivity index (χ2n) is 5.22. The van der Waals surface area contributed by atoms with Crippen molar-refractivity contribution in [3.05, 3.63) is 69.7 Å². The molecule has 0 aliphatic carbocycles. The Balaban J connectivity index is 2.22. The maximum Gasteiger partial charge on any atom is 0.0372 e. The third-order valence-corrected chi connectivity index (χ3v) is 4.14. The average Bonchev–Trinajstić information content (AvgIpc) is 2.45. The molecule has 0 saturated carbocycles. The Bertz CT molecular complexity index is 536. The predicted molar refractivity (Wildman–Crippen MR) is 90.1 cm³/mol. The summed E-state index contributed by atoms with van der Waals surface area (Å²) in [7, 11) is 0. The summed E-state index contributed by atoms with van der Waals surface area (Å²) < 4.78 is 1.20. The minimum Gasteiger partial charge on any atom is -0.310 e. The van der Waals surface area contributed by atoms with Crippen LogP contribution in [0.15, 0.2) is 53.0 Å². The molecule has 1 unspecified atom stereocenters. The van der Waals surface area contributed by atoms with E-state index < -0.39 is 0 Å². The molecule has 1 N–H and O–H groups in total. The highest BCUT2D eigenvalue weighted by molar-refractivity contribution is 9.10. The first-order valence-corrected chi connectivity index (χ1v) is 8.03. The molecule has 2 heteroatoms. The first-order valence-electron chi connectivity index (χ1n) is 7.24. The molecule has 0 fully saturated rings. The summed E-state index contributed by atoms with van der Waals surface area (Å²) in [5.74, 6) is 0. The Hall–Kier alpha value is -1.12. The van der Waals surface area contributed by atoms with E-state index in [2.05, 4.69) is 83.6 Å². The van der Waals surface area contributed by atoms with Crippen LogP contribution in [0.1, 0.15) is 36.1 Å². The summed E-state index contributed by atoms with van der Waals surface area (Å²) in [5, 5.41) is 3.66. The Kier molecular flexibility index (Phi) is 5.81. The number of hydrogen-bond acceptors (Lipinski definition) is 1. The molecule has 1 nitrogen and oxygen atoms in total. The molecule has 0 aromatic heterocycles. The highest BCUT2D eigenvalue weighted by atomic mass is 79.9. The summed E-state index contributed by atoms with van der Waals surface area (Å²) in [6.07, 6.45) is 2.16. The van der Waals surface area contributed by atoms with Crippen LogP contribution in [0.25, 0.3) is 0 Å². The highest BCUT2D eigenvalue weighted by Crippen LogP contribution is 2.27. The summed E-state index contributed by atoms with van der Waals surface area (Å²) in [5.41, 5.74) is 4.00. The fourth-order valence-corrected chi connectivity index (χ4v) is 3.14. The average molecular weight is 332 g/mol. The zero-order valence-electron chi connectivity index (χ0n) is 12.2. The van der Waals surface area contributed by atoms with Crippen LogP contribution in [0.2, 0.25) is 0 Å². The van der Waals surface area contributed by atoms with Crippen molar-refractivity contribution < 1.29 is 0 Å². The van der Waals surface area contributed by atoms with Gasteiger partial charge in [0.05, 0.1) is 0 Å². The van der Waals surface area contributed by atoms with Crippen LogP contribution in [0.4, 0.5) is 0 Å². The quantitative estimate of drug-likeness (QED) is 0.781. The van der Waals surface area contributed by atoms with Crippen LogP contribution in [0.5, 0.6) is 0 Å². The second kappa shape index (κ2) is 7.61. The van der Waals surface area contributed by atoms with Crippen molar-refractivity contribution in [2.75, 3.05) is 6.54 Å². The van der Waals surface area contributed by atoms with Crippen LogP contribution in [-0.4, -0.2) is 6.54 Å². The largest absolute Gasteiger partial charge is 0.310 e. The summed E-state index contributed by atoms with van der Waals surface area (Å²) in [6, 6.07) is 17.6. The molecule has 2 aromatic carbocycles. The number of aryl methyl sites for hydroxylation is 1. The van der Waals surface area contributed by atoms with Crippen molar-refractivity contribution in [3.8, 4) is 0 Å². The lowest BCUT2D eigenvalue weighted by atomic mass is 9.98. The van der Waals surface area contributed by atoms with Gasteiger partial charge in [-0.15, -0.1) is 0 Å². The monoisotopic (exact) mass is 331 g/mol. The van der Waals surface area contributed by atoms with Crippen molar-refractivity contribution in [1.29, 1.82) is 0 Å². The maximum absolute atomic E-state index is 3.71. The second-order valence-corrected chi connectivity index (χ2v) is 6.08. The molecule has 1 atom stereocenters. The van der Waals surface area contributed by atoms with Gasteiger partial charge in [0.2, 0.25) is 0 Å². The third kappa shape index (κ3) is 4.19. The van der Waals surface area contributed by atoms with E-state index in [9.17, 15) is 0 Å². The predicted octanol–water partition coefficient (Wildman–Crippen LogP) is 5.04. The normalized spacial score (nSPS) is 12.3. The molecular formula is C18H22BrN. The van der Waals surface area contributed by atoms with Gasteiger partial charge in [-0.3, -0.25) is 0 Å². The van der Waals surface area contributed by atoms with Gasteiger partial charge in [0, 0.05) is 10.5 Å². The van der Waals surface area contributed by atoms with Crippen LogP contribution in [-0.2, 0) is 6.42 Å². The van der Waals surface area contributed by atoms with E-state index in [0.717, 1.165) is 19.4 Å². The van der Waals surface area contributed by atoms with E-state index in [4.69, 9.17) is 0 Å². The van der Waals surface area contributed by atoms with E-state index in [-0.39, 0.29) is 0 Å². The van der Waals surface area contributed by atoms with E-state index in [1.807, 2.05) is 0 Å². The molecule has 0 saturated heterocycles. The van der Waals surface area contributed by atoms with Gasteiger partial charge < -0.3 is 5.32 Å². The molecule has 0 spiro atoms.